The number of nitrogens with two attached hydrogens (primary N) is 1. The molecule has 0 bridgehead atoms. The number of imidazole rings is 1. The Bertz CT molecular complexity index is 1350. The monoisotopic (exact) mass is 421 g/mol. The number of piperidine rings is 1. The molecule has 160 valence electrons. The summed E-state index contributed by atoms with van der Waals surface area (Å²) in [7, 11) is 0. The molecule has 1 saturated heterocycles. The zero-order valence-electron chi connectivity index (χ0n) is 16.8. The maximum atomic E-state index is 12.5. The quantitative estimate of drug-likeness (QED) is 0.321. The molecule has 0 atom stereocenters. The molecule has 0 amide bonds. The van der Waals surface area contributed by atoms with Crippen LogP contribution in [0.1, 0.15) is 19.3 Å². The lowest BCUT2D eigenvalue weighted by Gasteiger charge is -2.32. The van der Waals surface area contributed by atoms with Crippen molar-refractivity contribution in [3.05, 3.63) is 45.2 Å². The number of hydrogen-bond donors (Lipinski definition) is 5. The molecule has 4 heterocycles. The van der Waals surface area contributed by atoms with E-state index in [1.807, 2.05) is 6.07 Å². The highest BCUT2D eigenvalue weighted by Gasteiger charge is 2.22. The molecule has 0 radical (unpaired) electrons. The Morgan fingerprint density at radius 3 is 2.74 bits per heavy atom. The van der Waals surface area contributed by atoms with Gasteiger partial charge in [0.2, 0.25) is 5.95 Å². The summed E-state index contributed by atoms with van der Waals surface area (Å²) >= 11 is 0. The van der Waals surface area contributed by atoms with E-state index in [0.29, 0.717) is 51.9 Å². The van der Waals surface area contributed by atoms with Crippen LogP contribution in [-0.4, -0.2) is 49.8 Å². The van der Waals surface area contributed by atoms with E-state index in [-0.39, 0.29) is 11.2 Å². The maximum absolute atomic E-state index is 12.5. The van der Waals surface area contributed by atoms with Gasteiger partial charge >= 0.3 is 5.69 Å². The van der Waals surface area contributed by atoms with Crippen LogP contribution in [-0.2, 0) is 0 Å². The van der Waals surface area contributed by atoms with Crippen LogP contribution in [0.15, 0.2) is 34.0 Å². The molecule has 0 unspecified atom stereocenters. The molecule has 0 spiro atoms. The summed E-state index contributed by atoms with van der Waals surface area (Å²) < 4.78 is 0. The van der Waals surface area contributed by atoms with Gasteiger partial charge in [-0.05, 0) is 49.9 Å². The fourth-order valence-electron chi connectivity index (χ4n) is 4.13. The molecule has 5 rings (SSSR count). The van der Waals surface area contributed by atoms with E-state index in [2.05, 4.69) is 40.3 Å². The van der Waals surface area contributed by atoms with Gasteiger partial charge in [0.15, 0.2) is 0 Å². The van der Waals surface area contributed by atoms with Gasteiger partial charge in [-0.15, -0.1) is 0 Å². The lowest BCUT2D eigenvalue weighted by molar-refractivity contribution is 0.384. The third-order valence-corrected chi connectivity index (χ3v) is 5.76. The Morgan fingerprint density at radius 2 is 1.94 bits per heavy atom. The minimum atomic E-state index is -0.371. The summed E-state index contributed by atoms with van der Waals surface area (Å²) in [6.07, 6.45) is 4.63. The summed E-state index contributed by atoms with van der Waals surface area (Å²) in [6, 6.07) is 5.38. The first-order valence-corrected chi connectivity index (χ1v) is 10.3. The van der Waals surface area contributed by atoms with E-state index in [4.69, 9.17) is 5.73 Å². The van der Waals surface area contributed by atoms with E-state index in [0.717, 1.165) is 32.4 Å². The van der Waals surface area contributed by atoms with Gasteiger partial charge in [0.25, 0.3) is 5.56 Å². The van der Waals surface area contributed by atoms with Gasteiger partial charge in [-0.25, -0.2) is 14.9 Å². The third kappa shape index (κ3) is 3.75. The van der Waals surface area contributed by atoms with Gasteiger partial charge in [0, 0.05) is 18.8 Å². The van der Waals surface area contributed by atoms with Gasteiger partial charge in [0.1, 0.15) is 16.7 Å². The Hall–Kier alpha value is -3.73. The standard InChI is InChI=1S/C20H23N9O2/c21-6-3-11-4-7-29(8-5-11)19-24-15-10-22-28-18(30)16(15)17(27-19)23-12-1-2-13-14(9-12)26-20(31)25-13/h1-2,9-11H,3-8,21H2,(H,28,30)(H,23,24,27)(H2,25,26,31). The minimum Gasteiger partial charge on any atom is -0.341 e. The predicted octanol–water partition coefficient (Wildman–Crippen LogP) is 1.19. The van der Waals surface area contributed by atoms with Gasteiger partial charge in [-0.3, -0.25) is 4.79 Å². The average Bonchev–Trinajstić information content (AvgIpc) is 3.13. The van der Waals surface area contributed by atoms with Crippen molar-refractivity contribution in [1.29, 1.82) is 0 Å². The van der Waals surface area contributed by atoms with Crippen molar-refractivity contribution in [2.24, 2.45) is 11.7 Å². The number of anilines is 3. The molecule has 6 N–H and O–H groups in total. The summed E-state index contributed by atoms with van der Waals surface area (Å²) in [4.78, 5) is 40.9. The molecule has 11 heteroatoms. The minimum absolute atomic E-state index is 0.275. The first kappa shape index (κ1) is 19.2. The molecule has 1 fully saturated rings. The van der Waals surface area contributed by atoms with Gasteiger partial charge in [0.05, 0.1) is 17.2 Å². The van der Waals surface area contributed by atoms with Crippen molar-refractivity contribution in [3.8, 4) is 0 Å². The maximum Gasteiger partial charge on any atom is 0.323 e. The van der Waals surface area contributed by atoms with Crippen molar-refractivity contribution in [2.45, 2.75) is 19.3 Å². The number of aromatic nitrogens is 6. The molecule has 31 heavy (non-hydrogen) atoms. The molecule has 4 aromatic rings. The average molecular weight is 421 g/mol. The number of rotatable bonds is 5. The normalized spacial score (nSPS) is 15.1. The van der Waals surface area contributed by atoms with Gasteiger partial charge in [-0.2, -0.15) is 10.1 Å². The summed E-state index contributed by atoms with van der Waals surface area (Å²) in [5, 5.41) is 9.90. The number of nitrogens with one attached hydrogen (secondary N) is 4. The molecule has 11 nitrogen and oxygen atoms in total. The molecule has 0 saturated carbocycles. The van der Waals surface area contributed by atoms with Crippen molar-refractivity contribution >= 4 is 39.4 Å². The van der Waals surface area contributed by atoms with Crippen LogP contribution in [0, 0.1) is 5.92 Å². The number of H-pyrrole nitrogens is 3. The van der Waals surface area contributed by atoms with E-state index < -0.39 is 0 Å². The largest absolute Gasteiger partial charge is 0.341 e. The second-order valence-electron chi connectivity index (χ2n) is 7.80. The Balaban J connectivity index is 1.52. The number of hydrogen-bond acceptors (Lipinski definition) is 8. The predicted molar refractivity (Wildman–Crippen MR) is 119 cm³/mol. The molecular formula is C20H23N9O2. The van der Waals surface area contributed by atoms with Crippen LogP contribution in [0.2, 0.25) is 0 Å². The first-order chi connectivity index (χ1) is 15.1. The second-order valence-corrected chi connectivity index (χ2v) is 7.80. The van der Waals surface area contributed by atoms with Crippen molar-refractivity contribution in [3.63, 3.8) is 0 Å². The fourth-order valence-corrected chi connectivity index (χ4v) is 4.13. The van der Waals surface area contributed by atoms with E-state index >= 15 is 0 Å². The Kier molecular flexibility index (Phi) is 4.86. The van der Waals surface area contributed by atoms with E-state index in [1.165, 1.54) is 6.20 Å². The third-order valence-electron chi connectivity index (χ3n) is 5.76. The van der Waals surface area contributed by atoms with Crippen LogP contribution < -0.4 is 27.2 Å². The number of fused-ring (bicyclic) bond motifs is 2. The highest BCUT2D eigenvalue weighted by Crippen LogP contribution is 2.27. The van der Waals surface area contributed by atoms with Crippen LogP contribution in [0.25, 0.3) is 21.9 Å². The highest BCUT2D eigenvalue weighted by atomic mass is 16.1. The zero-order valence-corrected chi connectivity index (χ0v) is 16.8. The van der Waals surface area contributed by atoms with E-state index in [1.54, 1.807) is 12.1 Å². The molecule has 1 aromatic carbocycles. The molecule has 1 aliphatic heterocycles. The van der Waals surface area contributed by atoms with E-state index in [9.17, 15) is 9.59 Å². The topological polar surface area (TPSA) is 161 Å². The van der Waals surface area contributed by atoms with Crippen molar-refractivity contribution in [2.75, 3.05) is 29.9 Å². The zero-order chi connectivity index (χ0) is 21.4. The van der Waals surface area contributed by atoms with Crippen molar-refractivity contribution < 1.29 is 0 Å². The molecule has 3 aromatic heterocycles. The lowest BCUT2D eigenvalue weighted by atomic mass is 9.94. The highest BCUT2D eigenvalue weighted by molar-refractivity contribution is 5.91. The Morgan fingerprint density at radius 1 is 1.13 bits per heavy atom. The molecule has 0 aliphatic carbocycles. The first-order valence-electron chi connectivity index (χ1n) is 10.3. The SMILES string of the molecule is NCCC1CCN(c2nc(Nc3ccc4[nH]c(=O)[nH]c4c3)c3c(=O)[nH]ncc3n2)CC1. The van der Waals surface area contributed by atoms with Crippen LogP contribution >= 0.6 is 0 Å². The fraction of sp³-hybridized carbons (Fsp3) is 0.350. The summed E-state index contributed by atoms with van der Waals surface area (Å²) in [5.74, 6) is 1.58. The van der Waals surface area contributed by atoms with Crippen molar-refractivity contribution in [1.82, 2.24) is 30.1 Å². The lowest BCUT2D eigenvalue weighted by Crippen LogP contribution is -2.35. The number of benzene rings is 1. The second kappa shape index (κ2) is 7.84. The number of nitrogens with zero attached hydrogens (tertiary/aromatic N) is 4. The van der Waals surface area contributed by atoms with Crippen LogP contribution in [0.5, 0.6) is 0 Å². The molecular weight excluding hydrogens is 398 g/mol. The number of aromatic amines is 3. The molecule has 1 aliphatic rings. The summed E-state index contributed by atoms with van der Waals surface area (Å²) in [6.45, 7) is 2.38. The smallest absolute Gasteiger partial charge is 0.323 e. The van der Waals surface area contributed by atoms with Crippen LogP contribution in [0.4, 0.5) is 17.5 Å². The van der Waals surface area contributed by atoms with Gasteiger partial charge in [-0.1, -0.05) is 0 Å². The Labute approximate surface area is 176 Å². The summed E-state index contributed by atoms with van der Waals surface area (Å²) in [5.41, 5.74) is 7.57. The van der Waals surface area contributed by atoms with Gasteiger partial charge < -0.3 is 25.9 Å². The van der Waals surface area contributed by atoms with Crippen LogP contribution in [0.3, 0.4) is 0 Å².